The van der Waals surface area contributed by atoms with Crippen LogP contribution in [0.25, 0.3) is 0 Å². The third-order valence-corrected chi connectivity index (χ3v) is 4.43. The SMILES string of the molecule is CN=C(NCc1ccc(CN(C)C)cc1)N(C)Cc1csc(C)n1. The van der Waals surface area contributed by atoms with Gasteiger partial charge in [0.25, 0.3) is 0 Å². The van der Waals surface area contributed by atoms with Gasteiger partial charge in [0.2, 0.25) is 0 Å². The number of guanidine groups is 1. The summed E-state index contributed by atoms with van der Waals surface area (Å²) in [4.78, 5) is 13.1. The highest BCUT2D eigenvalue weighted by Gasteiger charge is 2.08. The third kappa shape index (κ3) is 5.62. The first-order valence-corrected chi connectivity index (χ1v) is 8.91. The van der Waals surface area contributed by atoms with Crippen LogP contribution in [0.3, 0.4) is 0 Å². The molecule has 1 N–H and O–H groups in total. The zero-order valence-corrected chi connectivity index (χ0v) is 16.0. The van der Waals surface area contributed by atoms with Crippen LogP contribution in [0.15, 0.2) is 34.6 Å². The fraction of sp³-hybridized carbons (Fsp3) is 0.444. The van der Waals surface area contributed by atoms with E-state index in [1.807, 2.05) is 21.0 Å². The lowest BCUT2D eigenvalue weighted by atomic mass is 10.1. The molecule has 0 bridgehead atoms. The predicted octanol–water partition coefficient (Wildman–Crippen LogP) is 2.72. The summed E-state index contributed by atoms with van der Waals surface area (Å²) in [5, 5.41) is 6.61. The second-order valence-electron chi connectivity index (χ2n) is 6.17. The highest BCUT2D eigenvalue weighted by atomic mass is 32.1. The van der Waals surface area contributed by atoms with Crippen LogP contribution in [0.1, 0.15) is 21.8 Å². The molecule has 1 aromatic heterocycles. The minimum atomic E-state index is 0.756. The number of aromatic nitrogens is 1. The molecule has 0 unspecified atom stereocenters. The smallest absolute Gasteiger partial charge is 0.194 e. The molecule has 0 amide bonds. The molecule has 6 heteroatoms. The number of aryl methyl sites for hydroxylation is 1. The van der Waals surface area contributed by atoms with Gasteiger partial charge in [-0.2, -0.15) is 0 Å². The van der Waals surface area contributed by atoms with Crippen LogP contribution >= 0.6 is 11.3 Å². The lowest BCUT2D eigenvalue weighted by Crippen LogP contribution is -2.38. The molecule has 24 heavy (non-hydrogen) atoms. The van der Waals surface area contributed by atoms with Crippen LogP contribution in [-0.2, 0) is 19.6 Å². The second-order valence-corrected chi connectivity index (χ2v) is 7.23. The van der Waals surface area contributed by atoms with Gasteiger partial charge in [-0.25, -0.2) is 4.98 Å². The van der Waals surface area contributed by atoms with Crippen molar-refractivity contribution < 1.29 is 0 Å². The van der Waals surface area contributed by atoms with Crippen LogP contribution < -0.4 is 5.32 Å². The standard InChI is InChI=1S/C18H27N5S/c1-14-21-17(13-24-14)12-23(5)18(19-2)20-10-15-6-8-16(9-7-15)11-22(3)4/h6-9,13H,10-12H2,1-5H3,(H,19,20). The summed E-state index contributed by atoms with van der Waals surface area (Å²) in [6, 6.07) is 8.70. The summed E-state index contributed by atoms with van der Waals surface area (Å²) in [5.41, 5.74) is 3.65. The van der Waals surface area contributed by atoms with Gasteiger partial charge in [0, 0.05) is 32.6 Å². The predicted molar refractivity (Wildman–Crippen MR) is 102 cm³/mol. The van der Waals surface area contributed by atoms with E-state index in [1.165, 1.54) is 11.1 Å². The lowest BCUT2D eigenvalue weighted by Gasteiger charge is -2.21. The number of hydrogen-bond acceptors (Lipinski definition) is 4. The van der Waals surface area contributed by atoms with Crippen LogP contribution in [0.4, 0.5) is 0 Å². The van der Waals surface area contributed by atoms with E-state index in [0.29, 0.717) is 0 Å². The summed E-state index contributed by atoms with van der Waals surface area (Å²) in [5.74, 6) is 0.873. The number of nitrogens with zero attached hydrogens (tertiary/aromatic N) is 4. The van der Waals surface area contributed by atoms with Crippen molar-refractivity contribution in [2.24, 2.45) is 4.99 Å². The molecular weight excluding hydrogens is 318 g/mol. The molecule has 0 radical (unpaired) electrons. The molecule has 1 aromatic carbocycles. The molecule has 1 heterocycles. The zero-order valence-electron chi connectivity index (χ0n) is 15.2. The van der Waals surface area contributed by atoms with Crippen LogP contribution in [0, 0.1) is 6.92 Å². The molecule has 0 fully saturated rings. The second kappa shape index (κ2) is 8.80. The molecule has 0 spiro atoms. The maximum Gasteiger partial charge on any atom is 0.194 e. The Balaban J connectivity index is 1.88. The van der Waals surface area contributed by atoms with Gasteiger partial charge in [-0.05, 0) is 32.1 Å². The van der Waals surface area contributed by atoms with Crippen molar-refractivity contribution in [3.05, 3.63) is 51.5 Å². The molecule has 0 saturated heterocycles. The molecule has 0 aliphatic heterocycles. The van der Waals surface area contributed by atoms with E-state index < -0.39 is 0 Å². The first kappa shape index (κ1) is 18.4. The number of hydrogen-bond donors (Lipinski definition) is 1. The van der Waals surface area contributed by atoms with Crippen molar-refractivity contribution in [1.82, 2.24) is 20.1 Å². The van der Waals surface area contributed by atoms with E-state index >= 15 is 0 Å². The molecule has 0 atom stereocenters. The summed E-state index contributed by atoms with van der Waals surface area (Å²) < 4.78 is 0. The Kier molecular flexibility index (Phi) is 6.75. The first-order valence-electron chi connectivity index (χ1n) is 8.03. The lowest BCUT2D eigenvalue weighted by molar-refractivity contribution is 0.402. The van der Waals surface area contributed by atoms with Gasteiger partial charge in [-0.1, -0.05) is 24.3 Å². The molecule has 2 aromatic rings. The van der Waals surface area contributed by atoms with Crippen molar-refractivity contribution >= 4 is 17.3 Å². The van der Waals surface area contributed by atoms with Gasteiger partial charge >= 0.3 is 0 Å². The average Bonchev–Trinajstić information content (AvgIpc) is 2.94. The normalized spacial score (nSPS) is 11.8. The number of benzene rings is 1. The van der Waals surface area contributed by atoms with Gasteiger partial charge in [-0.15, -0.1) is 11.3 Å². The van der Waals surface area contributed by atoms with Crippen LogP contribution in [0.5, 0.6) is 0 Å². The molecule has 0 aliphatic rings. The fourth-order valence-electron chi connectivity index (χ4n) is 2.49. The summed E-state index contributed by atoms with van der Waals surface area (Å²) in [6.07, 6.45) is 0. The number of thiazole rings is 1. The van der Waals surface area contributed by atoms with Crippen molar-refractivity contribution in [2.75, 3.05) is 28.2 Å². The number of nitrogens with one attached hydrogen (secondary N) is 1. The Bertz CT molecular complexity index is 660. The van der Waals surface area contributed by atoms with Gasteiger partial charge in [0.15, 0.2) is 5.96 Å². The first-order chi connectivity index (χ1) is 11.5. The van der Waals surface area contributed by atoms with Crippen LogP contribution in [-0.4, -0.2) is 48.9 Å². The van der Waals surface area contributed by atoms with E-state index in [4.69, 9.17) is 0 Å². The van der Waals surface area contributed by atoms with E-state index in [9.17, 15) is 0 Å². The highest BCUT2D eigenvalue weighted by Crippen LogP contribution is 2.10. The molecule has 130 valence electrons. The topological polar surface area (TPSA) is 43.8 Å². The molecule has 0 saturated carbocycles. The fourth-order valence-corrected chi connectivity index (χ4v) is 3.10. The van der Waals surface area contributed by atoms with Gasteiger partial charge in [-0.3, -0.25) is 4.99 Å². The largest absolute Gasteiger partial charge is 0.352 e. The Hall–Kier alpha value is -1.92. The third-order valence-electron chi connectivity index (χ3n) is 3.61. The summed E-state index contributed by atoms with van der Waals surface area (Å²) >= 11 is 1.68. The summed E-state index contributed by atoms with van der Waals surface area (Å²) in [6.45, 7) is 4.51. The molecule has 0 aliphatic carbocycles. The minimum absolute atomic E-state index is 0.756. The van der Waals surface area contributed by atoms with Gasteiger partial charge < -0.3 is 15.1 Å². The van der Waals surface area contributed by atoms with Gasteiger partial charge in [0.05, 0.1) is 17.2 Å². The number of rotatable bonds is 6. The average molecular weight is 346 g/mol. The maximum atomic E-state index is 4.51. The Morgan fingerprint density at radius 1 is 1.12 bits per heavy atom. The van der Waals surface area contributed by atoms with Gasteiger partial charge in [0.1, 0.15) is 0 Å². The van der Waals surface area contributed by atoms with Crippen molar-refractivity contribution in [3.8, 4) is 0 Å². The van der Waals surface area contributed by atoms with Crippen molar-refractivity contribution in [3.63, 3.8) is 0 Å². The number of aliphatic imine (C=N–C) groups is 1. The zero-order chi connectivity index (χ0) is 17.5. The quantitative estimate of drug-likeness (QED) is 0.646. The minimum Gasteiger partial charge on any atom is -0.352 e. The van der Waals surface area contributed by atoms with Crippen molar-refractivity contribution in [2.45, 2.75) is 26.6 Å². The van der Waals surface area contributed by atoms with Crippen molar-refractivity contribution in [1.29, 1.82) is 0 Å². The maximum absolute atomic E-state index is 4.51. The Morgan fingerprint density at radius 2 is 1.79 bits per heavy atom. The Labute approximate surface area is 149 Å². The summed E-state index contributed by atoms with van der Waals surface area (Å²) in [7, 11) is 8.01. The molecule has 5 nitrogen and oxygen atoms in total. The molecular formula is C18H27N5S. The van der Waals surface area contributed by atoms with E-state index in [0.717, 1.165) is 36.3 Å². The highest BCUT2D eigenvalue weighted by molar-refractivity contribution is 7.09. The van der Waals surface area contributed by atoms with Crippen LogP contribution in [0.2, 0.25) is 0 Å². The monoisotopic (exact) mass is 345 g/mol. The van der Waals surface area contributed by atoms with E-state index in [-0.39, 0.29) is 0 Å². The van der Waals surface area contributed by atoms with E-state index in [1.54, 1.807) is 11.3 Å². The van der Waals surface area contributed by atoms with E-state index in [2.05, 4.69) is 68.8 Å². The Morgan fingerprint density at radius 3 is 2.33 bits per heavy atom. The molecule has 2 rings (SSSR count).